The zero-order valence-corrected chi connectivity index (χ0v) is 11.6. The molecule has 1 N–H and O–H groups in total. The lowest BCUT2D eigenvalue weighted by Crippen LogP contribution is -2.41. The Morgan fingerprint density at radius 2 is 2.05 bits per heavy atom. The topological polar surface area (TPSA) is 75.7 Å². The molecule has 2 rings (SSSR count). The normalized spacial score (nSPS) is 17.1. The molecule has 3 amide bonds. The van der Waals surface area contributed by atoms with Crippen molar-refractivity contribution in [2.75, 3.05) is 13.7 Å². The minimum Gasteiger partial charge on any atom is -0.497 e. The second kappa shape index (κ2) is 4.96. The van der Waals surface area contributed by atoms with Crippen LogP contribution in [0.4, 0.5) is 4.79 Å². The highest BCUT2D eigenvalue weighted by Gasteiger charge is 2.44. The fourth-order valence-electron chi connectivity index (χ4n) is 1.99. The van der Waals surface area contributed by atoms with E-state index in [1.54, 1.807) is 38.1 Å². The summed E-state index contributed by atoms with van der Waals surface area (Å²) in [6.45, 7) is 2.92. The quantitative estimate of drug-likeness (QED) is 0.662. The summed E-state index contributed by atoms with van der Waals surface area (Å²) < 4.78 is 5.04. The fourth-order valence-corrected chi connectivity index (χ4v) is 1.99. The van der Waals surface area contributed by atoms with E-state index in [0.717, 1.165) is 4.90 Å². The zero-order chi connectivity index (χ0) is 14.9. The number of ketones is 1. The van der Waals surface area contributed by atoms with Crippen molar-refractivity contribution in [2.45, 2.75) is 19.4 Å². The lowest BCUT2D eigenvalue weighted by atomic mass is 10.1. The molecule has 0 radical (unpaired) electrons. The van der Waals surface area contributed by atoms with Crippen molar-refractivity contribution >= 4 is 17.7 Å². The number of carbonyl (C=O) groups excluding carboxylic acids is 3. The van der Waals surface area contributed by atoms with Crippen LogP contribution in [-0.2, 0) is 4.79 Å². The van der Waals surface area contributed by atoms with Crippen LogP contribution in [0.2, 0.25) is 0 Å². The number of nitrogens with zero attached hydrogens (tertiary/aromatic N) is 1. The molecule has 6 heteroatoms. The molecule has 0 atom stereocenters. The summed E-state index contributed by atoms with van der Waals surface area (Å²) in [5.41, 5.74) is -0.569. The number of methoxy groups -OCH3 is 1. The fraction of sp³-hybridized carbons (Fsp3) is 0.357. The van der Waals surface area contributed by atoms with Crippen LogP contribution in [0.1, 0.15) is 24.2 Å². The molecule has 1 aliphatic rings. The van der Waals surface area contributed by atoms with Crippen LogP contribution in [0.15, 0.2) is 24.3 Å². The first-order chi connectivity index (χ1) is 9.35. The summed E-state index contributed by atoms with van der Waals surface area (Å²) in [6.07, 6.45) is 0. The summed E-state index contributed by atoms with van der Waals surface area (Å²) in [5.74, 6) is -0.169. The van der Waals surface area contributed by atoms with E-state index in [0.29, 0.717) is 11.3 Å². The maximum absolute atomic E-state index is 12.1. The van der Waals surface area contributed by atoms with Crippen molar-refractivity contribution in [3.63, 3.8) is 0 Å². The number of urea groups is 1. The van der Waals surface area contributed by atoms with E-state index in [1.165, 1.54) is 7.11 Å². The highest BCUT2D eigenvalue weighted by molar-refractivity contribution is 6.10. The molecular formula is C14H16N2O4. The van der Waals surface area contributed by atoms with E-state index < -0.39 is 17.5 Å². The second-order valence-corrected chi connectivity index (χ2v) is 5.10. The first-order valence-corrected chi connectivity index (χ1v) is 6.16. The van der Waals surface area contributed by atoms with E-state index in [9.17, 15) is 14.4 Å². The third-order valence-corrected chi connectivity index (χ3v) is 3.14. The Morgan fingerprint density at radius 3 is 2.60 bits per heavy atom. The van der Waals surface area contributed by atoms with Gasteiger partial charge in [-0.15, -0.1) is 0 Å². The Labute approximate surface area is 116 Å². The van der Waals surface area contributed by atoms with Gasteiger partial charge in [0.05, 0.1) is 13.7 Å². The smallest absolute Gasteiger partial charge is 0.325 e. The van der Waals surface area contributed by atoms with Crippen molar-refractivity contribution < 1.29 is 19.1 Å². The molecule has 0 unspecified atom stereocenters. The summed E-state index contributed by atoms with van der Waals surface area (Å²) in [7, 11) is 1.50. The monoisotopic (exact) mass is 276 g/mol. The highest BCUT2D eigenvalue weighted by Crippen LogP contribution is 2.18. The van der Waals surface area contributed by atoms with Gasteiger partial charge in [0, 0.05) is 5.56 Å². The molecule has 1 heterocycles. The molecule has 1 saturated heterocycles. The van der Waals surface area contributed by atoms with Gasteiger partial charge >= 0.3 is 6.03 Å². The molecule has 0 aliphatic carbocycles. The van der Waals surface area contributed by atoms with Crippen molar-refractivity contribution in [3.8, 4) is 5.75 Å². The zero-order valence-electron chi connectivity index (χ0n) is 11.6. The van der Waals surface area contributed by atoms with Gasteiger partial charge in [-0.25, -0.2) is 4.79 Å². The van der Waals surface area contributed by atoms with Gasteiger partial charge in [0.2, 0.25) is 0 Å². The van der Waals surface area contributed by atoms with Gasteiger partial charge in [-0.2, -0.15) is 0 Å². The first-order valence-electron chi connectivity index (χ1n) is 6.16. The Kier molecular flexibility index (Phi) is 3.48. The van der Waals surface area contributed by atoms with Crippen LogP contribution in [0.25, 0.3) is 0 Å². The average molecular weight is 276 g/mol. The molecule has 0 spiro atoms. The first kappa shape index (κ1) is 14.0. The van der Waals surface area contributed by atoms with Gasteiger partial charge < -0.3 is 10.1 Å². The molecule has 1 aliphatic heterocycles. The van der Waals surface area contributed by atoms with Crippen LogP contribution < -0.4 is 10.1 Å². The third-order valence-electron chi connectivity index (χ3n) is 3.14. The minimum absolute atomic E-state index is 0.277. The van der Waals surface area contributed by atoms with Gasteiger partial charge in [-0.1, -0.05) is 12.1 Å². The van der Waals surface area contributed by atoms with Gasteiger partial charge in [0.25, 0.3) is 5.91 Å². The maximum atomic E-state index is 12.1. The Hall–Kier alpha value is -2.37. The summed E-state index contributed by atoms with van der Waals surface area (Å²) >= 11 is 0. The summed E-state index contributed by atoms with van der Waals surface area (Å²) in [4.78, 5) is 36.8. The lowest BCUT2D eigenvalue weighted by molar-refractivity contribution is -0.129. The molecule has 6 nitrogen and oxygen atoms in total. The SMILES string of the molecule is COc1cccc(C(=O)CN2C(=O)NC(C)(C)C2=O)c1. The van der Waals surface area contributed by atoms with E-state index in [4.69, 9.17) is 4.74 Å². The largest absolute Gasteiger partial charge is 0.497 e. The molecule has 1 aromatic carbocycles. The molecule has 1 aromatic rings. The predicted molar refractivity (Wildman–Crippen MR) is 71.6 cm³/mol. The highest BCUT2D eigenvalue weighted by atomic mass is 16.5. The van der Waals surface area contributed by atoms with Crippen molar-refractivity contribution in [1.82, 2.24) is 10.2 Å². The van der Waals surface area contributed by atoms with Crippen LogP contribution >= 0.6 is 0 Å². The van der Waals surface area contributed by atoms with E-state index >= 15 is 0 Å². The van der Waals surface area contributed by atoms with E-state index in [-0.39, 0.29) is 12.3 Å². The van der Waals surface area contributed by atoms with Crippen molar-refractivity contribution in [1.29, 1.82) is 0 Å². The molecule has 0 aromatic heterocycles. The maximum Gasteiger partial charge on any atom is 0.325 e. The Bertz CT molecular complexity index is 580. The number of benzene rings is 1. The molecule has 20 heavy (non-hydrogen) atoms. The number of ether oxygens (including phenoxy) is 1. The molecular weight excluding hydrogens is 260 g/mol. The van der Waals surface area contributed by atoms with Gasteiger partial charge in [-0.3, -0.25) is 14.5 Å². The number of rotatable bonds is 4. The average Bonchev–Trinajstić information content (AvgIpc) is 2.61. The van der Waals surface area contributed by atoms with Crippen LogP contribution in [0, 0.1) is 0 Å². The van der Waals surface area contributed by atoms with Crippen LogP contribution in [-0.4, -0.2) is 41.8 Å². The van der Waals surface area contributed by atoms with E-state index in [2.05, 4.69) is 5.32 Å². The number of amides is 3. The molecule has 1 fully saturated rings. The summed E-state index contributed by atoms with van der Waals surface area (Å²) in [6, 6.07) is 6.05. The van der Waals surface area contributed by atoms with Crippen LogP contribution in [0.3, 0.4) is 0 Å². The van der Waals surface area contributed by atoms with Gasteiger partial charge in [-0.05, 0) is 26.0 Å². The number of imide groups is 1. The Morgan fingerprint density at radius 1 is 1.35 bits per heavy atom. The minimum atomic E-state index is -0.967. The van der Waals surface area contributed by atoms with Gasteiger partial charge in [0.1, 0.15) is 11.3 Å². The number of carbonyl (C=O) groups is 3. The lowest BCUT2D eigenvalue weighted by Gasteiger charge is -2.15. The molecule has 106 valence electrons. The number of Topliss-reactive ketones (excluding diaryl/α,β-unsaturated/α-hetero) is 1. The van der Waals surface area contributed by atoms with Crippen molar-refractivity contribution in [3.05, 3.63) is 29.8 Å². The number of hydrogen-bond acceptors (Lipinski definition) is 4. The standard InChI is InChI=1S/C14H16N2O4/c1-14(2)12(18)16(13(19)15-14)8-11(17)9-5-4-6-10(7-9)20-3/h4-7H,8H2,1-3H3,(H,15,19). The Balaban J connectivity index is 2.16. The number of nitrogens with one attached hydrogen (secondary N) is 1. The van der Waals surface area contributed by atoms with Crippen LogP contribution in [0.5, 0.6) is 5.75 Å². The molecule has 0 saturated carbocycles. The predicted octanol–water partition coefficient (Wildman–Crippen LogP) is 1.21. The van der Waals surface area contributed by atoms with Crippen molar-refractivity contribution in [2.24, 2.45) is 0 Å². The van der Waals surface area contributed by atoms with Gasteiger partial charge in [0.15, 0.2) is 5.78 Å². The molecule has 0 bridgehead atoms. The second-order valence-electron chi connectivity index (χ2n) is 5.10. The third kappa shape index (κ3) is 2.49. The number of hydrogen-bond donors (Lipinski definition) is 1. The van der Waals surface area contributed by atoms with E-state index in [1.807, 2.05) is 0 Å². The summed E-state index contributed by atoms with van der Waals surface area (Å²) in [5, 5.41) is 2.53.